The lowest BCUT2D eigenvalue weighted by atomic mass is 9.83. The SMILES string of the molecule is CC(C)(OC(=O)COc1ccccc1[N+](=O)[O-])C1CCNCC1. The number of nitro groups is 1. The number of carbonyl (C=O) groups is 1. The molecule has 1 saturated heterocycles. The number of benzene rings is 1. The second-order valence-corrected chi connectivity index (χ2v) is 6.12. The maximum Gasteiger partial charge on any atom is 0.344 e. The summed E-state index contributed by atoms with van der Waals surface area (Å²) in [6, 6.07) is 5.96. The molecule has 1 N–H and O–H groups in total. The van der Waals surface area contributed by atoms with Gasteiger partial charge in [0.1, 0.15) is 5.60 Å². The molecule has 0 bridgehead atoms. The Hall–Kier alpha value is -2.15. The highest BCUT2D eigenvalue weighted by atomic mass is 16.6. The van der Waals surface area contributed by atoms with E-state index in [1.807, 2.05) is 13.8 Å². The van der Waals surface area contributed by atoms with Crippen LogP contribution in [0.1, 0.15) is 26.7 Å². The number of nitro benzene ring substituents is 1. The molecular weight excluding hydrogens is 300 g/mol. The minimum Gasteiger partial charge on any atom is -0.475 e. The summed E-state index contributed by atoms with van der Waals surface area (Å²) in [4.78, 5) is 22.4. The summed E-state index contributed by atoms with van der Waals surface area (Å²) in [6.45, 7) is 5.27. The van der Waals surface area contributed by atoms with Gasteiger partial charge >= 0.3 is 11.7 Å². The minimum atomic E-state index is -0.578. The molecule has 0 spiro atoms. The summed E-state index contributed by atoms with van der Waals surface area (Å²) in [7, 11) is 0. The second kappa shape index (κ2) is 7.41. The third-order valence-electron chi connectivity index (χ3n) is 4.11. The third-order valence-corrected chi connectivity index (χ3v) is 4.11. The quantitative estimate of drug-likeness (QED) is 0.491. The highest BCUT2D eigenvalue weighted by Gasteiger charge is 2.34. The number of ether oxygens (including phenoxy) is 2. The van der Waals surface area contributed by atoms with Crippen LogP contribution in [0.5, 0.6) is 5.75 Å². The molecule has 7 heteroatoms. The summed E-state index contributed by atoms with van der Waals surface area (Å²) < 4.78 is 10.8. The van der Waals surface area contributed by atoms with Gasteiger partial charge < -0.3 is 14.8 Å². The fourth-order valence-corrected chi connectivity index (χ4v) is 2.79. The Morgan fingerprint density at radius 1 is 1.35 bits per heavy atom. The molecule has 7 nitrogen and oxygen atoms in total. The molecule has 126 valence electrons. The number of nitrogens with zero attached hydrogens (tertiary/aromatic N) is 1. The largest absolute Gasteiger partial charge is 0.475 e. The van der Waals surface area contributed by atoms with Crippen molar-refractivity contribution in [1.29, 1.82) is 0 Å². The molecule has 0 atom stereocenters. The standard InChI is InChI=1S/C16H22N2O5/c1-16(2,12-7-9-17-10-8-12)23-15(19)11-22-14-6-4-3-5-13(14)18(20)21/h3-6,12,17H,7-11H2,1-2H3. The molecule has 1 fully saturated rings. The van der Waals surface area contributed by atoms with Crippen LogP contribution in [0.2, 0.25) is 0 Å². The van der Waals surface area contributed by atoms with Gasteiger partial charge in [0, 0.05) is 12.0 Å². The number of carbonyl (C=O) groups excluding carboxylic acids is 1. The van der Waals surface area contributed by atoms with Gasteiger partial charge in [-0.05, 0) is 45.8 Å². The highest BCUT2D eigenvalue weighted by molar-refractivity contribution is 5.72. The van der Waals surface area contributed by atoms with Gasteiger partial charge in [-0.3, -0.25) is 10.1 Å². The van der Waals surface area contributed by atoms with Gasteiger partial charge in [-0.2, -0.15) is 0 Å². The Bertz CT molecular complexity index is 567. The van der Waals surface area contributed by atoms with E-state index in [9.17, 15) is 14.9 Å². The van der Waals surface area contributed by atoms with E-state index in [4.69, 9.17) is 9.47 Å². The van der Waals surface area contributed by atoms with E-state index in [-0.39, 0.29) is 18.0 Å². The average molecular weight is 322 g/mol. The number of para-hydroxylation sites is 2. The summed E-state index contributed by atoms with van der Waals surface area (Å²) in [5, 5.41) is 14.2. The lowest BCUT2D eigenvalue weighted by molar-refractivity contribution is -0.385. The van der Waals surface area contributed by atoms with E-state index < -0.39 is 16.5 Å². The summed E-state index contributed by atoms with van der Waals surface area (Å²) in [6.07, 6.45) is 1.90. The molecule has 2 rings (SSSR count). The van der Waals surface area contributed by atoms with Crippen molar-refractivity contribution < 1.29 is 19.2 Å². The molecule has 0 aromatic heterocycles. The Kier molecular flexibility index (Phi) is 5.54. The molecule has 1 aliphatic heterocycles. The lowest BCUT2D eigenvalue weighted by Crippen LogP contribution is -2.43. The third kappa shape index (κ3) is 4.66. The first-order valence-corrected chi connectivity index (χ1v) is 7.69. The van der Waals surface area contributed by atoms with Gasteiger partial charge in [0.2, 0.25) is 0 Å². The zero-order valence-electron chi connectivity index (χ0n) is 13.4. The normalized spacial score (nSPS) is 15.9. The Morgan fingerprint density at radius 2 is 2.00 bits per heavy atom. The number of esters is 1. The first kappa shape index (κ1) is 17.2. The van der Waals surface area contributed by atoms with Crippen LogP contribution in [-0.4, -0.2) is 36.2 Å². The summed E-state index contributed by atoms with van der Waals surface area (Å²) in [5.41, 5.74) is -0.747. The Labute approximate surface area is 135 Å². The van der Waals surface area contributed by atoms with Crippen molar-refractivity contribution in [3.05, 3.63) is 34.4 Å². The topological polar surface area (TPSA) is 90.7 Å². The first-order chi connectivity index (χ1) is 10.9. The second-order valence-electron chi connectivity index (χ2n) is 6.12. The van der Waals surface area contributed by atoms with E-state index in [0.717, 1.165) is 25.9 Å². The molecule has 0 unspecified atom stereocenters. The minimum absolute atomic E-state index is 0.0640. The fraction of sp³-hybridized carbons (Fsp3) is 0.562. The van der Waals surface area contributed by atoms with E-state index in [0.29, 0.717) is 5.92 Å². The molecule has 0 amide bonds. The van der Waals surface area contributed by atoms with Crippen molar-refractivity contribution in [1.82, 2.24) is 5.32 Å². The van der Waals surface area contributed by atoms with E-state index in [2.05, 4.69) is 5.32 Å². The fourth-order valence-electron chi connectivity index (χ4n) is 2.79. The van der Waals surface area contributed by atoms with Crippen LogP contribution in [0, 0.1) is 16.0 Å². The van der Waals surface area contributed by atoms with Crippen molar-refractivity contribution in [3.8, 4) is 5.75 Å². The maximum absolute atomic E-state index is 12.0. The van der Waals surface area contributed by atoms with Crippen LogP contribution >= 0.6 is 0 Å². The number of nitrogens with one attached hydrogen (secondary N) is 1. The van der Waals surface area contributed by atoms with E-state index in [1.165, 1.54) is 12.1 Å². The van der Waals surface area contributed by atoms with Crippen LogP contribution in [-0.2, 0) is 9.53 Å². The maximum atomic E-state index is 12.0. The monoisotopic (exact) mass is 322 g/mol. The predicted molar refractivity (Wildman–Crippen MR) is 84.4 cm³/mol. The average Bonchev–Trinajstić information content (AvgIpc) is 2.53. The van der Waals surface area contributed by atoms with Gasteiger partial charge in [-0.15, -0.1) is 0 Å². The van der Waals surface area contributed by atoms with Crippen LogP contribution < -0.4 is 10.1 Å². The van der Waals surface area contributed by atoms with Gasteiger partial charge in [0.15, 0.2) is 12.4 Å². The molecule has 1 aromatic rings. The first-order valence-electron chi connectivity index (χ1n) is 7.69. The van der Waals surface area contributed by atoms with Gasteiger partial charge in [0.25, 0.3) is 0 Å². The zero-order valence-corrected chi connectivity index (χ0v) is 13.4. The molecule has 0 saturated carbocycles. The Morgan fingerprint density at radius 3 is 2.65 bits per heavy atom. The number of hydrogen-bond acceptors (Lipinski definition) is 6. The smallest absolute Gasteiger partial charge is 0.344 e. The molecular formula is C16H22N2O5. The summed E-state index contributed by atoms with van der Waals surface area (Å²) >= 11 is 0. The summed E-state index contributed by atoms with van der Waals surface area (Å²) in [5.74, 6) is -0.167. The van der Waals surface area contributed by atoms with Crippen LogP contribution in [0.25, 0.3) is 0 Å². The highest BCUT2D eigenvalue weighted by Crippen LogP contribution is 2.29. The molecule has 1 aliphatic rings. The predicted octanol–water partition coefficient (Wildman–Crippen LogP) is 2.29. The molecule has 0 radical (unpaired) electrons. The lowest BCUT2D eigenvalue weighted by Gasteiger charge is -2.36. The van der Waals surface area contributed by atoms with Crippen molar-refractivity contribution in [2.45, 2.75) is 32.3 Å². The van der Waals surface area contributed by atoms with Crippen LogP contribution in [0.3, 0.4) is 0 Å². The molecule has 23 heavy (non-hydrogen) atoms. The number of piperidine rings is 1. The van der Waals surface area contributed by atoms with Crippen LogP contribution in [0.15, 0.2) is 24.3 Å². The van der Waals surface area contributed by atoms with Crippen LogP contribution in [0.4, 0.5) is 5.69 Å². The van der Waals surface area contributed by atoms with Gasteiger partial charge in [0.05, 0.1) is 4.92 Å². The molecule has 0 aliphatic carbocycles. The van der Waals surface area contributed by atoms with E-state index in [1.54, 1.807) is 12.1 Å². The molecule has 1 heterocycles. The van der Waals surface area contributed by atoms with Crippen molar-refractivity contribution in [3.63, 3.8) is 0 Å². The Balaban J connectivity index is 1.91. The van der Waals surface area contributed by atoms with Gasteiger partial charge in [-0.1, -0.05) is 12.1 Å². The van der Waals surface area contributed by atoms with Crippen molar-refractivity contribution in [2.24, 2.45) is 5.92 Å². The van der Waals surface area contributed by atoms with Crippen molar-refractivity contribution >= 4 is 11.7 Å². The number of hydrogen-bond donors (Lipinski definition) is 1. The van der Waals surface area contributed by atoms with E-state index >= 15 is 0 Å². The molecule has 1 aromatic carbocycles. The van der Waals surface area contributed by atoms with Gasteiger partial charge in [-0.25, -0.2) is 4.79 Å². The zero-order chi connectivity index (χ0) is 16.9. The van der Waals surface area contributed by atoms with Crippen molar-refractivity contribution in [2.75, 3.05) is 19.7 Å². The number of rotatable bonds is 6.